The van der Waals surface area contributed by atoms with Gasteiger partial charge in [-0.05, 0) is 41.5 Å². The molecule has 10 rings (SSSR count). The molecule has 0 spiro atoms. The molecular formula is C39H26N4O. The molecule has 0 aliphatic carbocycles. The van der Waals surface area contributed by atoms with E-state index in [1.807, 2.05) is 6.07 Å². The number of aliphatic imine (C=N–C) groups is 1. The monoisotopic (exact) mass is 566 g/mol. The zero-order valence-electron chi connectivity index (χ0n) is 23.7. The average molecular weight is 567 g/mol. The summed E-state index contributed by atoms with van der Waals surface area (Å²) < 4.78 is 8.96. The standard InChI is InChI=1S/C39H26N4O/c1-3-12-25(13-4-1)37-40-38(26-14-5-2-6-15-26)43-39(42(37)43)27-16-11-17-28(24-27)41-33-20-9-7-18-29(33)31-22-23-32-30-19-8-10-21-34(30)44-36(32)35(31)41/h1-24,37,39H. The third kappa shape index (κ3) is 3.30. The number of hydrogen-bond donors (Lipinski definition) is 0. The fourth-order valence-electron chi connectivity index (χ4n) is 7.16. The molecule has 2 aliphatic rings. The molecule has 0 amide bonds. The Morgan fingerprint density at radius 2 is 1.27 bits per heavy atom. The van der Waals surface area contributed by atoms with Gasteiger partial charge in [-0.15, -0.1) is 0 Å². The van der Waals surface area contributed by atoms with Crippen molar-refractivity contribution in [2.24, 2.45) is 4.99 Å². The second-order valence-electron chi connectivity index (χ2n) is 11.6. The van der Waals surface area contributed by atoms with Crippen LogP contribution in [0.1, 0.15) is 29.0 Å². The van der Waals surface area contributed by atoms with Crippen LogP contribution in [-0.2, 0) is 0 Å². The first-order valence-corrected chi connectivity index (χ1v) is 15.0. The van der Waals surface area contributed by atoms with Crippen molar-refractivity contribution >= 4 is 49.6 Å². The molecule has 1 fully saturated rings. The lowest BCUT2D eigenvalue weighted by Gasteiger charge is -2.13. The molecule has 8 aromatic rings. The first kappa shape index (κ1) is 23.9. The Balaban J connectivity index is 1.16. The summed E-state index contributed by atoms with van der Waals surface area (Å²) in [5.41, 5.74) is 8.76. The van der Waals surface area contributed by atoms with Gasteiger partial charge in [-0.25, -0.2) is 4.99 Å². The number of aromatic nitrogens is 1. The summed E-state index contributed by atoms with van der Waals surface area (Å²) in [5.74, 6) is 1.01. The highest BCUT2D eigenvalue weighted by atomic mass is 16.3. The van der Waals surface area contributed by atoms with Crippen molar-refractivity contribution < 1.29 is 4.42 Å². The molecule has 1 saturated heterocycles. The van der Waals surface area contributed by atoms with Crippen LogP contribution >= 0.6 is 0 Å². The predicted molar refractivity (Wildman–Crippen MR) is 177 cm³/mol. The van der Waals surface area contributed by atoms with E-state index in [1.165, 1.54) is 21.9 Å². The molecule has 5 nitrogen and oxygen atoms in total. The van der Waals surface area contributed by atoms with Gasteiger partial charge in [0.25, 0.3) is 0 Å². The maximum Gasteiger partial charge on any atom is 0.160 e. The van der Waals surface area contributed by atoms with Crippen LogP contribution in [0.5, 0.6) is 0 Å². The summed E-state index contributed by atoms with van der Waals surface area (Å²) in [6.07, 6.45) is 0.0237. The van der Waals surface area contributed by atoms with E-state index in [9.17, 15) is 0 Å². The van der Waals surface area contributed by atoms with E-state index in [4.69, 9.17) is 9.41 Å². The molecule has 3 atom stereocenters. The quantitative estimate of drug-likeness (QED) is 0.199. The minimum Gasteiger partial charge on any atom is -0.454 e. The van der Waals surface area contributed by atoms with Crippen molar-refractivity contribution in [3.05, 3.63) is 162 Å². The SMILES string of the molecule is c1ccc(C2=NC(c3ccccc3)N3C(c4cccc(-n5c6ccccc6c6ccc7c8ccccc8oc7c65)c4)N23)cc1. The molecular weight excluding hydrogens is 540 g/mol. The van der Waals surface area contributed by atoms with Crippen LogP contribution in [-0.4, -0.2) is 20.4 Å². The molecule has 0 radical (unpaired) electrons. The fourth-order valence-corrected chi connectivity index (χ4v) is 7.16. The number of fused-ring (bicyclic) bond motifs is 8. The average Bonchev–Trinajstić information content (AvgIpc) is 3.35. The van der Waals surface area contributed by atoms with Gasteiger partial charge in [0.2, 0.25) is 0 Å². The van der Waals surface area contributed by atoms with E-state index in [-0.39, 0.29) is 12.3 Å². The van der Waals surface area contributed by atoms with Gasteiger partial charge in [0.05, 0.1) is 11.0 Å². The molecule has 44 heavy (non-hydrogen) atoms. The van der Waals surface area contributed by atoms with Crippen molar-refractivity contribution in [1.82, 2.24) is 14.6 Å². The van der Waals surface area contributed by atoms with Crippen LogP contribution in [0.2, 0.25) is 0 Å². The normalized spacial score (nSPS) is 19.2. The molecule has 5 heteroatoms. The zero-order valence-corrected chi connectivity index (χ0v) is 23.7. The number of para-hydroxylation sites is 2. The Hall–Kier alpha value is -5.65. The third-order valence-corrected chi connectivity index (χ3v) is 9.12. The lowest BCUT2D eigenvalue weighted by molar-refractivity contribution is 0.341. The summed E-state index contributed by atoms with van der Waals surface area (Å²) in [6.45, 7) is 0. The van der Waals surface area contributed by atoms with Crippen LogP contribution in [0.15, 0.2) is 155 Å². The van der Waals surface area contributed by atoms with Gasteiger partial charge in [0.15, 0.2) is 5.58 Å². The Kier molecular flexibility index (Phi) is 4.84. The van der Waals surface area contributed by atoms with Gasteiger partial charge in [-0.3, -0.25) is 5.01 Å². The lowest BCUT2D eigenvalue weighted by Crippen LogP contribution is -2.11. The molecule has 2 aromatic heterocycles. The Morgan fingerprint density at radius 1 is 0.568 bits per heavy atom. The van der Waals surface area contributed by atoms with Crippen molar-refractivity contribution in [2.75, 3.05) is 0 Å². The first-order chi connectivity index (χ1) is 21.8. The molecule has 208 valence electrons. The minimum absolute atomic E-state index is 0.0662. The Morgan fingerprint density at radius 3 is 2.14 bits per heavy atom. The number of amidine groups is 1. The van der Waals surface area contributed by atoms with Crippen LogP contribution in [0.3, 0.4) is 0 Å². The molecule has 0 saturated carbocycles. The maximum absolute atomic E-state index is 6.58. The number of furan rings is 1. The van der Waals surface area contributed by atoms with Crippen LogP contribution < -0.4 is 0 Å². The van der Waals surface area contributed by atoms with E-state index in [2.05, 4.69) is 154 Å². The summed E-state index contributed by atoms with van der Waals surface area (Å²) in [4.78, 5) is 5.20. The van der Waals surface area contributed by atoms with E-state index in [1.54, 1.807) is 0 Å². The summed E-state index contributed by atoms with van der Waals surface area (Å²) in [6, 6.07) is 51.5. The molecule has 0 N–H and O–H groups in total. The molecule has 3 unspecified atom stereocenters. The van der Waals surface area contributed by atoms with Gasteiger partial charge in [0.1, 0.15) is 23.8 Å². The lowest BCUT2D eigenvalue weighted by atomic mass is 10.1. The second-order valence-corrected chi connectivity index (χ2v) is 11.6. The van der Waals surface area contributed by atoms with E-state index in [0.717, 1.165) is 50.1 Å². The van der Waals surface area contributed by atoms with Crippen LogP contribution in [0, 0.1) is 0 Å². The molecule has 6 aromatic carbocycles. The number of hydrazine groups is 1. The molecule has 0 bridgehead atoms. The smallest absolute Gasteiger partial charge is 0.160 e. The van der Waals surface area contributed by atoms with Gasteiger partial charge in [0, 0.05) is 32.8 Å². The summed E-state index contributed by atoms with van der Waals surface area (Å²) >= 11 is 0. The second kappa shape index (κ2) is 8.93. The minimum atomic E-state index is -0.0662. The number of rotatable bonds is 4. The zero-order chi connectivity index (χ0) is 28.8. The van der Waals surface area contributed by atoms with Crippen LogP contribution in [0.4, 0.5) is 0 Å². The van der Waals surface area contributed by atoms with Gasteiger partial charge in [-0.1, -0.05) is 115 Å². The highest BCUT2D eigenvalue weighted by molar-refractivity contribution is 6.21. The van der Waals surface area contributed by atoms with Crippen LogP contribution in [0.25, 0.3) is 49.4 Å². The summed E-state index contributed by atoms with van der Waals surface area (Å²) in [5, 5.41) is 9.41. The number of nitrogens with zero attached hydrogens (tertiary/aromatic N) is 4. The highest BCUT2D eigenvalue weighted by Gasteiger charge is 2.57. The summed E-state index contributed by atoms with van der Waals surface area (Å²) in [7, 11) is 0. The highest BCUT2D eigenvalue weighted by Crippen LogP contribution is 2.54. The van der Waals surface area contributed by atoms with Crippen molar-refractivity contribution in [1.29, 1.82) is 0 Å². The first-order valence-electron chi connectivity index (χ1n) is 15.0. The van der Waals surface area contributed by atoms with E-state index < -0.39 is 0 Å². The van der Waals surface area contributed by atoms with Crippen molar-refractivity contribution in [3.63, 3.8) is 0 Å². The van der Waals surface area contributed by atoms with Gasteiger partial charge < -0.3 is 8.98 Å². The Labute approximate surface area is 253 Å². The number of benzene rings is 6. The van der Waals surface area contributed by atoms with E-state index in [0.29, 0.717) is 0 Å². The van der Waals surface area contributed by atoms with Crippen molar-refractivity contribution in [3.8, 4) is 5.69 Å². The topological polar surface area (TPSA) is 36.4 Å². The van der Waals surface area contributed by atoms with Crippen molar-refractivity contribution in [2.45, 2.75) is 12.3 Å². The van der Waals surface area contributed by atoms with Gasteiger partial charge >= 0.3 is 0 Å². The maximum atomic E-state index is 6.58. The largest absolute Gasteiger partial charge is 0.454 e. The Bertz CT molecular complexity index is 2420. The molecule has 2 aliphatic heterocycles. The third-order valence-electron chi connectivity index (χ3n) is 9.12. The predicted octanol–water partition coefficient (Wildman–Crippen LogP) is 9.37. The van der Waals surface area contributed by atoms with Gasteiger partial charge in [-0.2, -0.15) is 5.01 Å². The number of hydrogen-bond acceptors (Lipinski definition) is 4. The van der Waals surface area contributed by atoms with E-state index >= 15 is 0 Å². The molecule has 4 heterocycles. The fraction of sp³-hybridized carbons (Fsp3) is 0.0513.